The fourth-order valence-electron chi connectivity index (χ4n) is 4.97. The van der Waals surface area contributed by atoms with E-state index >= 15 is 0 Å². The van der Waals surface area contributed by atoms with E-state index in [4.69, 9.17) is 9.47 Å². The molecule has 3 heterocycles. The lowest BCUT2D eigenvalue weighted by atomic mass is 9.76. The molecule has 0 aliphatic carbocycles. The Kier molecular flexibility index (Phi) is 4.63. The van der Waals surface area contributed by atoms with Crippen LogP contribution in [-0.4, -0.2) is 37.2 Å². The Morgan fingerprint density at radius 1 is 1.23 bits per heavy atom. The van der Waals surface area contributed by atoms with E-state index in [9.17, 15) is 9.59 Å². The number of hydrogen-bond acceptors (Lipinski definition) is 4. The van der Waals surface area contributed by atoms with Crippen LogP contribution in [0.3, 0.4) is 0 Å². The number of methoxy groups -OCH3 is 1. The van der Waals surface area contributed by atoms with Crippen LogP contribution in [-0.2, 0) is 14.3 Å². The van der Waals surface area contributed by atoms with Crippen molar-refractivity contribution < 1.29 is 19.1 Å². The van der Waals surface area contributed by atoms with E-state index in [1.54, 1.807) is 12.0 Å². The normalized spacial score (nSPS) is 28.3. The van der Waals surface area contributed by atoms with Gasteiger partial charge < -0.3 is 19.7 Å². The van der Waals surface area contributed by atoms with E-state index in [-0.39, 0.29) is 17.9 Å². The van der Waals surface area contributed by atoms with Crippen molar-refractivity contribution in [1.29, 1.82) is 0 Å². The van der Waals surface area contributed by atoms with Gasteiger partial charge in [-0.3, -0.25) is 9.59 Å². The lowest BCUT2D eigenvalue weighted by Crippen LogP contribution is -2.41. The van der Waals surface area contributed by atoms with Crippen LogP contribution in [0.4, 0.5) is 11.4 Å². The molecular formula is C25H26N2O4. The number of nitrogens with one attached hydrogen (secondary N) is 1. The minimum atomic E-state index is -0.756. The first-order valence-electron chi connectivity index (χ1n) is 10.7. The third-order valence-electron chi connectivity index (χ3n) is 6.61. The van der Waals surface area contributed by atoms with Crippen molar-refractivity contribution in [3.8, 4) is 5.75 Å². The van der Waals surface area contributed by atoms with Gasteiger partial charge in [0, 0.05) is 17.4 Å². The van der Waals surface area contributed by atoms with Crippen LogP contribution < -0.4 is 15.0 Å². The molecule has 2 aromatic carbocycles. The lowest BCUT2D eigenvalue weighted by molar-refractivity contribution is -0.128. The van der Waals surface area contributed by atoms with Gasteiger partial charge in [0.25, 0.3) is 0 Å². The van der Waals surface area contributed by atoms with Crippen LogP contribution in [0.5, 0.6) is 5.75 Å². The molecule has 5 rings (SSSR count). The molecule has 2 unspecified atom stereocenters. The van der Waals surface area contributed by atoms with Crippen LogP contribution in [0.2, 0.25) is 0 Å². The molecule has 6 heteroatoms. The Morgan fingerprint density at radius 3 is 2.71 bits per heavy atom. The predicted octanol–water partition coefficient (Wildman–Crippen LogP) is 3.74. The van der Waals surface area contributed by atoms with E-state index in [1.807, 2.05) is 60.7 Å². The van der Waals surface area contributed by atoms with E-state index in [0.717, 1.165) is 11.4 Å². The summed E-state index contributed by atoms with van der Waals surface area (Å²) in [5.74, 6) is -0.261. The van der Waals surface area contributed by atoms with Gasteiger partial charge >= 0.3 is 0 Å². The Hall–Kier alpha value is -3.12. The third-order valence-corrected chi connectivity index (χ3v) is 6.61. The molecule has 0 radical (unpaired) electrons. The van der Waals surface area contributed by atoms with Gasteiger partial charge in [0.05, 0.1) is 31.6 Å². The molecule has 6 nitrogen and oxygen atoms in total. The number of rotatable bonds is 5. The maximum Gasteiger partial charge on any atom is 0.234 e. The molecule has 160 valence electrons. The molecule has 3 aliphatic heterocycles. The van der Waals surface area contributed by atoms with Crippen LogP contribution in [0, 0.1) is 11.8 Å². The largest absolute Gasteiger partial charge is 0.497 e. The van der Waals surface area contributed by atoms with E-state index in [1.165, 1.54) is 5.56 Å². The van der Waals surface area contributed by atoms with Gasteiger partial charge in [-0.15, -0.1) is 0 Å². The zero-order valence-corrected chi connectivity index (χ0v) is 17.9. The van der Waals surface area contributed by atoms with Gasteiger partial charge in [0.1, 0.15) is 11.4 Å². The summed E-state index contributed by atoms with van der Waals surface area (Å²) in [5, 5.41) is 2.99. The monoisotopic (exact) mass is 418 g/mol. The van der Waals surface area contributed by atoms with E-state index in [0.29, 0.717) is 18.2 Å². The fraction of sp³-hybridized carbons (Fsp3) is 0.360. The zero-order valence-electron chi connectivity index (χ0n) is 17.9. The van der Waals surface area contributed by atoms with Gasteiger partial charge in [-0.1, -0.05) is 44.2 Å². The second-order valence-electron chi connectivity index (χ2n) is 8.79. The summed E-state index contributed by atoms with van der Waals surface area (Å²) in [4.78, 5) is 28.4. The molecule has 3 aliphatic rings. The van der Waals surface area contributed by atoms with Gasteiger partial charge in [0.15, 0.2) is 0 Å². The third kappa shape index (κ3) is 3.13. The van der Waals surface area contributed by atoms with Crippen molar-refractivity contribution in [2.24, 2.45) is 11.8 Å². The quantitative estimate of drug-likeness (QED) is 0.751. The Morgan fingerprint density at radius 2 is 2.00 bits per heavy atom. The summed E-state index contributed by atoms with van der Waals surface area (Å²) < 4.78 is 11.5. The SMILES string of the molecule is COc1cccc(N2C[C@]34C=C[C@@H](O3)C(C(=O)Nc3ccc(C(C)C)cc3)C4C2=O)c1. The van der Waals surface area contributed by atoms with Gasteiger partial charge in [-0.05, 0) is 35.7 Å². The fourth-order valence-corrected chi connectivity index (χ4v) is 4.97. The molecule has 2 saturated heterocycles. The number of hydrogen-bond donors (Lipinski definition) is 1. The number of fused-ring (bicyclic) bond motifs is 1. The number of benzene rings is 2. The maximum absolute atomic E-state index is 13.4. The topological polar surface area (TPSA) is 67.9 Å². The van der Waals surface area contributed by atoms with Crippen molar-refractivity contribution in [3.05, 3.63) is 66.2 Å². The van der Waals surface area contributed by atoms with Crippen LogP contribution in [0.25, 0.3) is 0 Å². The molecular weight excluding hydrogens is 392 g/mol. The van der Waals surface area contributed by atoms with Crippen LogP contribution in [0.15, 0.2) is 60.7 Å². The highest BCUT2D eigenvalue weighted by Crippen LogP contribution is 2.53. The molecule has 0 saturated carbocycles. The minimum absolute atomic E-state index is 0.0876. The van der Waals surface area contributed by atoms with Crippen molar-refractivity contribution in [2.75, 3.05) is 23.9 Å². The second kappa shape index (κ2) is 7.24. The average Bonchev–Trinajstić information content (AvgIpc) is 3.42. The van der Waals surface area contributed by atoms with Crippen LogP contribution in [0.1, 0.15) is 25.3 Å². The molecule has 0 aromatic heterocycles. The molecule has 1 spiro atoms. The van der Waals surface area contributed by atoms with Crippen molar-refractivity contribution in [1.82, 2.24) is 0 Å². The Bertz CT molecular complexity index is 1060. The summed E-state index contributed by atoms with van der Waals surface area (Å²) in [7, 11) is 1.60. The molecule has 2 amide bonds. The van der Waals surface area contributed by atoms with E-state index < -0.39 is 17.4 Å². The number of ether oxygens (including phenoxy) is 2. The summed E-state index contributed by atoms with van der Waals surface area (Å²) in [6, 6.07) is 15.3. The summed E-state index contributed by atoms with van der Waals surface area (Å²) in [5.41, 5.74) is 1.93. The first-order chi connectivity index (χ1) is 14.9. The van der Waals surface area contributed by atoms with E-state index in [2.05, 4.69) is 19.2 Å². The number of carbonyl (C=O) groups is 2. The highest BCUT2D eigenvalue weighted by Gasteiger charge is 2.67. The number of carbonyl (C=O) groups excluding carboxylic acids is 2. The molecule has 2 fully saturated rings. The molecule has 31 heavy (non-hydrogen) atoms. The first-order valence-corrected chi connectivity index (χ1v) is 10.7. The first kappa shape index (κ1) is 19.8. The smallest absolute Gasteiger partial charge is 0.234 e. The Balaban J connectivity index is 1.39. The average molecular weight is 418 g/mol. The van der Waals surface area contributed by atoms with Crippen molar-refractivity contribution >= 4 is 23.2 Å². The summed E-state index contributed by atoms with van der Waals surface area (Å²) >= 11 is 0. The van der Waals surface area contributed by atoms with Gasteiger partial charge in [0.2, 0.25) is 11.8 Å². The highest BCUT2D eigenvalue weighted by atomic mass is 16.5. The zero-order chi connectivity index (χ0) is 21.8. The maximum atomic E-state index is 13.4. The standard InChI is InChI=1S/C25H26N2O4/c1-15(2)16-7-9-17(10-8-16)26-23(28)21-20-11-12-25(31-20)14-27(24(29)22(21)25)18-5-4-6-19(13-18)30-3/h4-13,15,20-22H,14H2,1-3H3,(H,26,28)/t20-,21?,22?,25+/m1/s1. The second-order valence-corrected chi connectivity index (χ2v) is 8.79. The van der Waals surface area contributed by atoms with Crippen molar-refractivity contribution in [2.45, 2.75) is 31.5 Å². The summed E-state index contributed by atoms with van der Waals surface area (Å²) in [6.07, 6.45) is 3.50. The number of nitrogens with zero attached hydrogens (tertiary/aromatic N) is 1. The summed E-state index contributed by atoms with van der Waals surface area (Å²) in [6.45, 7) is 4.65. The molecule has 4 atom stereocenters. The van der Waals surface area contributed by atoms with Crippen LogP contribution >= 0.6 is 0 Å². The molecule has 2 aromatic rings. The number of amides is 2. The highest BCUT2D eigenvalue weighted by molar-refractivity contribution is 6.05. The van der Waals surface area contributed by atoms with Gasteiger partial charge in [-0.2, -0.15) is 0 Å². The predicted molar refractivity (Wildman–Crippen MR) is 118 cm³/mol. The number of anilines is 2. The van der Waals surface area contributed by atoms with Crippen molar-refractivity contribution in [3.63, 3.8) is 0 Å². The minimum Gasteiger partial charge on any atom is -0.497 e. The lowest BCUT2D eigenvalue weighted by Gasteiger charge is -2.23. The Labute approximate surface area is 181 Å². The molecule has 1 N–H and O–H groups in total. The molecule has 2 bridgehead atoms. The van der Waals surface area contributed by atoms with Gasteiger partial charge in [-0.25, -0.2) is 0 Å².